The van der Waals surface area contributed by atoms with E-state index >= 15 is 0 Å². The van der Waals surface area contributed by atoms with Gasteiger partial charge in [-0.25, -0.2) is 9.59 Å². The van der Waals surface area contributed by atoms with Crippen molar-refractivity contribution < 1.29 is 24.2 Å². The molecule has 180 valence electrons. The molecule has 1 atom stereocenters. The largest absolute Gasteiger partial charge is 0.479 e. The quantitative estimate of drug-likeness (QED) is 0.568. The number of carboxylic acid groups (broad SMARTS) is 1. The maximum Gasteiger partial charge on any atom is 0.407 e. The van der Waals surface area contributed by atoms with Crippen LogP contribution in [0.15, 0.2) is 48.5 Å². The normalized spacial score (nSPS) is 16.5. The molecule has 1 saturated carbocycles. The molecule has 1 fully saturated rings. The minimum absolute atomic E-state index is 0.0374. The van der Waals surface area contributed by atoms with Crippen molar-refractivity contribution in [2.24, 2.45) is 0 Å². The first-order chi connectivity index (χ1) is 16.4. The first-order valence-corrected chi connectivity index (χ1v) is 12.0. The maximum atomic E-state index is 12.9. The van der Waals surface area contributed by atoms with Gasteiger partial charge in [0, 0.05) is 25.4 Å². The predicted octanol–water partition coefficient (Wildman–Crippen LogP) is 4.55. The summed E-state index contributed by atoms with van der Waals surface area (Å²) < 4.78 is 5.63. The summed E-state index contributed by atoms with van der Waals surface area (Å²) in [6.07, 6.45) is 2.57. The van der Waals surface area contributed by atoms with Crippen molar-refractivity contribution in [3.05, 3.63) is 59.7 Å². The predicted molar refractivity (Wildman–Crippen MR) is 129 cm³/mol. The molecule has 0 aromatic heterocycles. The molecule has 0 aliphatic heterocycles. The average Bonchev–Trinajstić information content (AvgIpc) is 3.10. The third-order valence-corrected chi connectivity index (χ3v) is 7.32. The number of hydrogen-bond donors (Lipinski definition) is 2. The number of rotatable bonds is 9. The summed E-state index contributed by atoms with van der Waals surface area (Å²) in [6.45, 7) is 2.18. The van der Waals surface area contributed by atoms with Gasteiger partial charge in [-0.15, -0.1) is 0 Å². The van der Waals surface area contributed by atoms with Gasteiger partial charge < -0.3 is 20.1 Å². The lowest BCUT2D eigenvalue weighted by Gasteiger charge is -2.45. The minimum atomic E-state index is -1.11. The third kappa shape index (κ3) is 4.39. The second-order valence-corrected chi connectivity index (χ2v) is 9.30. The molecule has 0 radical (unpaired) electrons. The number of benzene rings is 2. The highest BCUT2D eigenvalue weighted by Crippen LogP contribution is 2.44. The molecule has 0 spiro atoms. The molecule has 2 aromatic rings. The Morgan fingerprint density at radius 2 is 1.68 bits per heavy atom. The summed E-state index contributed by atoms with van der Waals surface area (Å²) in [4.78, 5) is 38.6. The van der Waals surface area contributed by atoms with Gasteiger partial charge >= 0.3 is 12.1 Å². The van der Waals surface area contributed by atoms with Crippen LogP contribution >= 0.6 is 0 Å². The molecule has 0 bridgehead atoms. The van der Waals surface area contributed by atoms with Gasteiger partial charge in [-0.2, -0.15) is 0 Å². The Labute approximate surface area is 200 Å². The van der Waals surface area contributed by atoms with Crippen LogP contribution in [0.2, 0.25) is 0 Å². The van der Waals surface area contributed by atoms with Gasteiger partial charge in [-0.1, -0.05) is 61.9 Å². The van der Waals surface area contributed by atoms with E-state index in [2.05, 4.69) is 29.6 Å². The van der Waals surface area contributed by atoms with Gasteiger partial charge in [-0.3, -0.25) is 4.79 Å². The fourth-order valence-corrected chi connectivity index (χ4v) is 5.17. The van der Waals surface area contributed by atoms with Gasteiger partial charge in [-0.05, 0) is 47.9 Å². The van der Waals surface area contributed by atoms with Gasteiger partial charge in [0.25, 0.3) is 0 Å². The highest BCUT2D eigenvalue weighted by molar-refractivity contribution is 5.88. The number of nitrogens with zero attached hydrogens (tertiary/aromatic N) is 1. The molecule has 2 N–H and O–H groups in total. The van der Waals surface area contributed by atoms with Crippen molar-refractivity contribution in [2.45, 2.75) is 62.9 Å². The van der Waals surface area contributed by atoms with Crippen LogP contribution in [0.4, 0.5) is 4.79 Å². The van der Waals surface area contributed by atoms with Gasteiger partial charge in [0.05, 0.1) is 0 Å². The molecule has 7 heteroatoms. The number of aliphatic carboxylic acids is 1. The molecule has 7 nitrogen and oxygen atoms in total. The van der Waals surface area contributed by atoms with Crippen LogP contribution in [0, 0.1) is 0 Å². The molecular formula is C27H32N2O5. The number of amides is 2. The van der Waals surface area contributed by atoms with E-state index in [1.807, 2.05) is 31.2 Å². The van der Waals surface area contributed by atoms with Crippen LogP contribution in [0.3, 0.4) is 0 Å². The first kappa shape index (κ1) is 23.8. The number of fused-ring (bicyclic) bond motifs is 3. The molecule has 2 amide bonds. The van der Waals surface area contributed by atoms with Crippen molar-refractivity contribution in [1.29, 1.82) is 0 Å². The molecule has 4 rings (SSSR count). The smallest absolute Gasteiger partial charge is 0.407 e. The summed E-state index contributed by atoms with van der Waals surface area (Å²) in [5.74, 6) is -1.28. The van der Waals surface area contributed by atoms with Gasteiger partial charge in [0.1, 0.15) is 12.1 Å². The van der Waals surface area contributed by atoms with Crippen LogP contribution in [0.1, 0.15) is 62.5 Å². The van der Waals surface area contributed by atoms with Crippen LogP contribution in [-0.4, -0.2) is 53.2 Å². The van der Waals surface area contributed by atoms with Gasteiger partial charge in [0.2, 0.25) is 5.91 Å². The number of likely N-dealkylation sites (N-methyl/N-ethyl adjacent to an activating group) is 1. The monoisotopic (exact) mass is 464 g/mol. The fraction of sp³-hybridized carbons (Fsp3) is 0.444. The molecular weight excluding hydrogens is 432 g/mol. The van der Waals surface area contributed by atoms with Crippen molar-refractivity contribution in [1.82, 2.24) is 10.2 Å². The van der Waals surface area contributed by atoms with E-state index in [1.165, 1.54) is 4.90 Å². The van der Waals surface area contributed by atoms with Crippen molar-refractivity contribution in [3.8, 4) is 11.1 Å². The number of carbonyl (C=O) groups excluding carboxylic acids is 2. The summed E-state index contributed by atoms with van der Waals surface area (Å²) in [5, 5.41) is 12.5. The Morgan fingerprint density at radius 3 is 2.18 bits per heavy atom. The fourth-order valence-electron chi connectivity index (χ4n) is 5.17. The number of hydrogen-bond acceptors (Lipinski definition) is 4. The Morgan fingerprint density at radius 1 is 1.09 bits per heavy atom. The minimum Gasteiger partial charge on any atom is -0.479 e. The number of nitrogens with one attached hydrogen (secondary N) is 1. The van der Waals surface area contributed by atoms with Crippen molar-refractivity contribution in [3.63, 3.8) is 0 Å². The van der Waals surface area contributed by atoms with Crippen LogP contribution in [0.25, 0.3) is 11.1 Å². The van der Waals surface area contributed by atoms with Gasteiger partial charge in [0.15, 0.2) is 0 Å². The summed E-state index contributed by atoms with van der Waals surface area (Å²) in [7, 11) is 1.55. The molecule has 34 heavy (non-hydrogen) atoms. The van der Waals surface area contributed by atoms with Crippen LogP contribution in [0.5, 0.6) is 0 Å². The number of alkyl carbamates (subject to hydrolysis) is 1. The van der Waals surface area contributed by atoms with Crippen molar-refractivity contribution >= 4 is 18.0 Å². The molecule has 2 aliphatic carbocycles. The van der Waals surface area contributed by atoms with E-state index in [-0.39, 0.29) is 24.9 Å². The molecule has 0 unspecified atom stereocenters. The zero-order chi connectivity index (χ0) is 24.3. The standard InChI is InChI=1S/C27H32N2O5/c1-3-9-18(16-24(30)29(2)27(25(31)32)14-8-15-27)28-26(33)34-17-23-21-12-6-4-10-19(21)20-11-5-7-13-22(20)23/h4-7,10-13,18,23H,3,8-9,14-17H2,1-2H3,(H,28,33)(H,31,32)/t18-/m0/s1. The molecule has 2 aliphatic rings. The molecule has 0 saturated heterocycles. The van der Waals surface area contributed by atoms with E-state index in [0.29, 0.717) is 19.3 Å². The van der Waals surface area contributed by atoms with Crippen molar-refractivity contribution in [2.75, 3.05) is 13.7 Å². The Hall–Kier alpha value is -3.35. The lowest BCUT2D eigenvalue weighted by molar-refractivity contribution is -0.164. The zero-order valence-corrected chi connectivity index (χ0v) is 19.8. The van der Waals surface area contributed by atoms with E-state index < -0.39 is 23.6 Å². The lowest BCUT2D eigenvalue weighted by Crippen LogP contribution is -2.60. The second-order valence-electron chi connectivity index (χ2n) is 9.30. The van der Waals surface area contributed by atoms with E-state index in [0.717, 1.165) is 35.1 Å². The third-order valence-electron chi connectivity index (χ3n) is 7.32. The lowest BCUT2D eigenvalue weighted by atomic mass is 9.75. The molecule has 0 heterocycles. The Balaban J connectivity index is 1.37. The number of carboxylic acids is 1. The highest BCUT2D eigenvalue weighted by Gasteiger charge is 2.49. The summed E-state index contributed by atoms with van der Waals surface area (Å²) >= 11 is 0. The average molecular weight is 465 g/mol. The van der Waals surface area contributed by atoms with E-state index in [1.54, 1.807) is 7.05 Å². The molecule has 2 aromatic carbocycles. The highest BCUT2D eigenvalue weighted by atomic mass is 16.5. The van der Waals surface area contributed by atoms with E-state index in [9.17, 15) is 19.5 Å². The number of carbonyl (C=O) groups is 3. The first-order valence-electron chi connectivity index (χ1n) is 12.0. The zero-order valence-electron chi connectivity index (χ0n) is 19.8. The SMILES string of the molecule is CCC[C@@H](CC(=O)N(C)C1(C(=O)O)CCC1)NC(=O)OCC1c2ccccc2-c2ccccc21. The topological polar surface area (TPSA) is 95.9 Å². The number of ether oxygens (including phenoxy) is 1. The van der Waals surface area contributed by atoms with Crippen LogP contribution < -0.4 is 5.32 Å². The second kappa shape index (κ2) is 9.87. The Kier molecular flexibility index (Phi) is 6.91. The van der Waals surface area contributed by atoms with E-state index in [4.69, 9.17) is 4.74 Å². The maximum absolute atomic E-state index is 12.9. The van der Waals surface area contributed by atoms with Crippen LogP contribution in [-0.2, 0) is 14.3 Å². The summed E-state index contributed by atoms with van der Waals surface area (Å²) in [6, 6.07) is 15.9. The Bertz CT molecular complexity index is 1030. The summed E-state index contributed by atoms with van der Waals surface area (Å²) in [5.41, 5.74) is 3.48.